The molecule has 7 heteroatoms. The van der Waals surface area contributed by atoms with Crippen molar-refractivity contribution in [2.75, 3.05) is 26.2 Å². The lowest BCUT2D eigenvalue weighted by Crippen LogP contribution is -2.45. The Morgan fingerprint density at radius 2 is 1.75 bits per heavy atom. The number of hydrogen-bond donors (Lipinski definition) is 1. The Labute approximate surface area is 113 Å². The summed E-state index contributed by atoms with van der Waals surface area (Å²) < 4.78 is 65.7. The Kier molecular flexibility index (Phi) is 4.93. The molecule has 1 saturated heterocycles. The molecule has 1 heterocycles. The van der Waals surface area contributed by atoms with E-state index < -0.39 is 36.3 Å². The molecule has 0 radical (unpaired) electrons. The lowest BCUT2D eigenvalue weighted by molar-refractivity contribution is 0.0720. The van der Waals surface area contributed by atoms with Crippen LogP contribution in [0.4, 0.5) is 22.0 Å². The van der Waals surface area contributed by atoms with Gasteiger partial charge in [0.1, 0.15) is 5.82 Å². The first kappa shape index (κ1) is 15.2. The van der Waals surface area contributed by atoms with Crippen LogP contribution in [0.2, 0.25) is 0 Å². The Morgan fingerprint density at radius 3 is 2.35 bits per heavy atom. The van der Waals surface area contributed by atoms with Crippen molar-refractivity contribution < 1.29 is 22.0 Å². The maximum atomic E-state index is 13.8. The highest BCUT2D eigenvalue weighted by molar-refractivity contribution is 5.24. The highest BCUT2D eigenvalue weighted by Gasteiger charge is 2.29. The van der Waals surface area contributed by atoms with Crippen LogP contribution >= 0.6 is 0 Å². The van der Waals surface area contributed by atoms with Gasteiger partial charge in [-0.05, 0) is 6.07 Å². The van der Waals surface area contributed by atoms with Gasteiger partial charge in [-0.2, -0.15) is 0 Å². The number of alkyl halides is 2. The van der Waals surface area contributed by atoms with E-state index in [9.17, 15) is 22.0 Å². The largest absolute Gasteiger partial charge is 0.314 e. The Hall–Kier alpha value is -1.21. The SMILES string of the molecule is Fc1cc(F)c(F)c([C@H](CC(F)F)N2CCNCC2)c1. The van der Waals surface area contributed by atoms with Crippen LogP contribution in [-0.4, -0.2) is 37.5 Å². The second kappa shape index (κ2) is 6.49. The fourth-order valence-corrected chi connectivity index (χ4v) is 2.45. The van der Waals surface area contributed by atoms with E-state index in [-0.39, 0.29) is 5.56 Å². The Morgan fingerprint density at radius 1 is 1.10 bits per heavy atom. The maximum Gasteiger partial charge on any atom is 0.240 e. The van der Waals surface area contributed by atoms with E-state index in [0.717, 1.165) is 6.07 Å². The van der Waals surface area contributed by atoms with Crippen molar-refractivity contribution in [1.82, 2.24) is 10.2 Å². The van der Waals surface area contributed by atoms with E-state index in [2.05, 4.69) is 5.32 Å². The summed E-state index contributed by atoms with van der Waals surface area (Å²) in [6.45, 7) is 1.99. The quantitative estimate of drug-likeness (QED) is 0.678. The zero-order valence-corrected chi connectivity index (χ0v) is 10.7. The molecule has 112 valence electrons. The van der Waals surface area contributed by atoms with Gasteiger partial charge in [0.25, 0.3) is 0 Å². The molecule has 0 spiro atoms. The van der Waals surface area contributed by atoms with Crippen LogP contribution in [-0.2, 0) is 0 Å². The molecule has 1 N–H and O–H groups in total. The zero-order chi connectivity index (χ0) is 14.7. The van der Waals surface area contributed by atoms with Crippen molar-refractivity contribution >= 4 is 0 Å². The lowest BCUT2D eigenvalue weighted by atomic mass is 10.00. The van der Waals surface area contributed by atoms with Crippen LogP contribution in [0.3, 0.4) is 0 Å². The van der Waals surface area contributed by atoms with Crippen molar-refractivity contribution in [2.45, 2.75) is 18.9 Å². The standard InChI is InChI=1S/C13H15F5N2/c14-8-5-9(13(18)10(15)6-8)11(7-12(16)17)20-3-1-19-2-4-20/h5-6,11-12,19H,1-4,7H2/t11-/m0/s1. The molecule has 20 heavy (non-hydrogen) atoms. The van der Waals surface area contributed by atoms with Gasteiger partial charge in [0.05, 0.1) is 0 Å². The number of piperazine rings is 1. The minimum absolute atomic E-state index is 0.343. The normalized spacial score (nSPS) is 18.5. The third-order valence-electron chi connectivity index (χ3n) is 3.37. The molecule has 2 nitrogen and oxygen atoms in total. The predicted octanol–water partition coefficient (Wildman–Crippen LogP) is 2.71. The van der Waals surface area contributed by atoms with E-state index in [1.807, 2.05) is 0 Å². The number of nitrogens with one attached hydrogen (secondary N) is 1. The molecule has 0 unspecified atom stereocenters. The van der Waals surface area contributed by atoms with Gasteiger partial charge >= 0.3 is 0 Å². The third-order valence-corrected chi connectivity index (χ3v) is 3.37. The van der Waals surface area contributed by atoms with E-state index >= 15 is 0 Å². The van der Waals surface area contributed by atoms with Crippen molar-refractivity contribution in [3.05, 3.63) is 35.1 Å². The van der Waals surface area contributed by atoms with Crippen LogP contribution in [0.25, 0.3) is 0 Å². The summed E-state index contributed by atoms with van der Waals surface area (Å²) in [6, 6.07) is 0.186. The minimum Gasteiger partial charge on any atom is -0.314 e. The van der Waals surface area contributed by atoms with E-state index in [4.69, 9.17) is 0 Å². The van der Waals surface area contributed by atoms with Gasteiger partial charge in [-0.15, -0.1) is 0 Å². The summed E-state index contributed by atoms with van der Waals surface area (Å²) in [7, 11) is 0. The molecule has 0 bridgehead atoms. The van der Waals surface area contributed by atoms with Gasteiger partial charge < -0.3 is 5.32 Å². The molecule has 1 aliphatic heterocycles. The molecule has 0 aromatic heterocycles. The zero-order valence-electron chi connectivity index (χ0n) is 10.7. The van der Waals surface area contributed by atoms with E-state index in [1.54, 1.807) is 4.90 Å². The number of halogens is 5. The van der Waals surface area contributed by atoms with E-state index in [0.29, 0.717) is 32.2 Å². The second-order valence-corrected chi connectivity index (χ2v) is 4.72. The summed E-state index contributed by atoms with van der Waals surface area (Å²) in [5, 5.41) is 3.04. The molecular formula is C13H15F5N2. The summed E-state index contributed by atoms with van der Waals surface area (Å²) in [5.74, 6) is -3.57. The smallest absolute Gasteiger partial charge is 0.240 e. The first-order chi connectivity index (χ1) is 9.49. The van der Waals surface area contributed by atoms with Gasteiger partial charge in [0, 0.05) is 50.3 Å². The molecule has 1 aromatic carbocycles. The van der Waals surface area contributed by atoms with Crippen LogP contribution in [0.15, 0.2) is 12.1 Å². The minimum atomic E-state index is -2.68. The molecule has 1 fully saturated rings. The van der Waals surface area contributed by atoms with Crippen LogP contribution < -0.4 is 5.32 Å². The summed E-state index contributed by atoms with van der Waals surface area (Å²) in [5.41, 5.74) is -0.343. The molecule has 2 rings (SSSR count). The fraction of sp³-hybridized carbons (Fsp3) is 0.538. The van der Waals surface area contributed by atoms with Gasteiger partial charge in [0.2, 0.25) is 6.43 Å². The number of benzene rings is 1. The maximum absolute atomic E-state index is 13.8. The van der Waals surface area contributed by atoms with Gasteiger partial charge in [0.15, 0.2) is 11.6 Å². The molecule has 0 amide bonds. The number of nitrogens with zero attached hydrogens (tertiary/aromatic N) is 1. The predicted molar refractivity (Wildman–Crippen MR) is 64.1 cm³/mol. The highest BCUT2D eigenvalue weighted by Crippen LogP contribution is 2.31. The third kappa shape index (κ3) is 3.46. The van der Waals surface area contributed by atoms with Crippen LogP contribution in [0, 0.1) is 17.5 Å². The van der Waals surface area contributed by atoms with Crippen LogP contribution in [0.1, 0.15) is 18.0 Å². The first-order valence-electron chi connectivity index (χ1n) is 6.36. The van der Waals surface area contributed by atoms with Crippen molar-refractivity contribution in [1.29, 1.82) is 0 Å². The van der Waals surface area contributed by atoms with Gasteiger partial charge in [-0.1, -0.05) is 0 Å². The molecule has 1 aromatic rings. The molecule has 0 saturated carbocycles. The molecular weight excluding hydrogens is 279 g/mol. The Balaban J connectivity index is 2.34. The second-order valence-electron chi connectivity index (χ2n) is 4.72. The van der Waals surface area contributed by atoms with Crippen LogP contribution in [0.5, 0.6) is 0 Å². The van der Waals surface area contributed by atoms with Gasteiger partial charge in [-0.25, -0.2) is 22.0 Å². The lowest BCUT2D eigenvalue weighted by Gasteiger charge is -2.35. The highest BCUT2D eigenvalue weighted by atomic mass is 19.3. The molecule has 0 aliphatic carbocycles. The van der Waals surface area contributed by atoms with Crippen molar-refractivity contribution in [2.24, 2.45) is 0 Å². The topological polar surface area (TPSA) is 15.3 Å². The molecule has 1 aliphatic rings. The monoisotopic (exact) mass is 294 g/mol. The number of rotatable bonds is 4. The summed E-state index contributed by atoms with van der Waals surface area (Å²) in [4.78, 5) is 1.62. The number of hydrogen-bond acceptors (Lipinski definition) is 2. The van der Waals surface area contributed by atoms with Crippen molar-refractivity contribution in [3.8, 4) is 0 Å². The average Bonchev–Trinajstić information content (AvgIpc) is 2.41. The summed E-state index contributed by atoms with van der Waals surface area (Å²) in [6.07, 6.45) is -3.33. The summed E-state index contributed by atoms with van der Waals surface area (Å²) >= 11 is 0. The fourth-order valence-electron chi connectivity index (χ4n) is 2.45. The Bertz CT molecular complexity index is 460. The van der Waals surface area contributed by atoms with E-state index in [1.165, 1.54) is 0 Å². The average molecular weight is 294 g/mol. The molecule has 1 atom stereocenters. The van der Waals surface area contributed by atoms with Crippen molar-refractivity contribution in [3.63, 3.8) is 0 Å². The first-order valence-corrected chi connectivity index (χ1v) is 6.36. The van der Waals surface area contributed by atoms with Gasteiger partial charge in [-0.3, -0.25) is 4.90 Å².